The zero-order chi connectivity index (χ0) is 25.3. The third-order valence-corrected chi connectivity index (χ3v) is 7.44. The Morgan fingerprint density at radius 1 is 0.526 bits per heavy atom. The Morgan fingerprint density at radius 2 is 1.13 bits per heavy atom. The fourth-order valence-corrected chi connectivity index (χ4v) is 5.66. The Morgan fingerprint density at radius 3 is 1.89 bits per heavy atom. The summed E-state index contributed by atoms with van der Waals surface area (Å²) in [4.78, 5) is 0. The van der Waals surface area contributed by atoms with Crippen molar-refractivity contribution in [3.05, 3.63) is 151 Å². The number of nitrogens with zero attached hydrogens (tertiary/aromatic N) is 1. The number of fused-ring (bicyclic) bond motifs is 5. The van der Waals surface area contributed by atoms with Gasteiger partial charge in [0.15, 0.2) is 0 Å². The number of aromatic nitrogens is 1. The monoisotopic (exact) mass is 488 g/mol. The quantitative estimate of drug-likeness (QED) is 0.247. The van der Waals surface area contributed by atoms with E-state index in [2.05, 4.69) is 149 Å². The van der Waals surface area contributed by atoms with Crippen molar-refractivity contribution in [1.82, 2.24) is 9.88 Å². The van der Waals surface area contributed by atoms with Crippen LogP contribution in [0.4, 0.5) is 0 Å². The van der Waals surface area contributed by atoms with Crippen LogP contribution in [-0.2, 0) is 13.1 Å². The van der Waals surface area contributed by atoms with Crippen molar-refractivity contribution in [2.45, 2.75) is 13.1 Å². The Kier molecular flexibility index (Phi) is 5.73. The van der Waals surface area contributed by atoms with Crippen LogP contribution in [-0.4, -0.2) is 4.57 Å². The lowest BCUT2D eigenvalue weighted by atomic mass is 9.95. The lowest BCUT2D eigenvalue weighted by Gasteiger charge is -2.13. The summed E-state index contributed by atoms with van der Waals surface area (Å²) in [7, 11) is 0. The van der Waals surface area contributed by atoms with Crippen molar-refractivity contribution in [2.75, 3.05) is 0 Å². The molecule has 182 valence electrons. The molecule has 7 rings (SSSR count). The standard InChI is InChI=1S/C36H28N2/c1-3-11-26(12-4-1)24-37-25-27-19-21-30(22-20-27)38-34-18-10-9-17-32(34)35-33(28-13-5-2-6-14-28)23-29-15-7-8-16-31(29)36(35)38/h1-23,37H,24-25H2. The molecule has 1 N–H and O–H groups in total. The highest BCUT2D eigenvalue weighted by Crippen LogP contribution is 2.42. The average Bonchev–Trinajstić information content (AvgIpc) is 3.34. The first-order chi connectivity index (χ1) is 18.9. The molecule has 0 aliphatic carbocycles. The van der Waals surface area contributed by atoms with Crippen LogP contribution in [0.3, 0.4) is 0 Å². The number of nitrogens with one attached hydrogen (secondary N) is 1. The van der Waals surface area contributed by atoms with Gasteiger partial charge in [0.2, 0.25) is 0 Å². The summed E-state index contributed by atoms with van der Waals surface area (Å²) in [5.74, 6) is 0. The highest BCUT2D eigenvalue weighted by molar-refractivity contribution is 6.24. The van der Waals surface area contributed by atoms with Crippen LogP contribution < -0.4 is 5.32 Å². The maximum atomic E-state index is 3.57. The van der Waals surface area contributed by atoms with Crippen molar-refractivity contribution in [3.8, 4) is 16.8 Å². The predicted octanol–water partition coefficient (Wildman–Crippen LogP) is 8.89. The van der Waals surface area contributed by atoms with Gasteiger partial charge in [-0.15, -0.1) is 0 Å². The van der Waals surface area contributed by atoms with Crippen LogP contribution >= 0.6 is 0 Å². The molecule has 0 unspecified atom stereocenters. The van der Waals surface area contributed by atoms with Crippen molar-refractivity contribution in [2.24, 2.45) is 0 Å². The highest BCUT2D eigenvalue weighted by atomic mass is 15.0. The molecule has 0 aliphatic heterocycles. The minimum Gasteiger partial charge on any atom is -0.309 e. The van der Waals surface area contributed by atoms with Crippen LogP contribution in [0, 0.1) is 0 Å². The minimum absolute atomic E-state index is 0.837. The summed E-state index contributed by atoms with van der Waals surface area (Å²) in [5, 5.41) is 8.68. The van der Waals surface area contributed by atoms with Gasteiger partial charge in [-0.2, -0.15) is 0 Å². The maximum absolute atomic E-state index is 3.57. The normalized spacial score (nSPS) is 11.5. The Labute approximate surface area is 222 Å². The van der Waals surface area contributed by atoms with Gasteiger partial charge in [-0.3, -0.25) is 0 Å². The minimum atomic E-state index is 0.837. The molecule has 0 aliphatic rings. The van der Waals surface area contributed by atoms with E-state index < -0.39 is 0 Å². The van der Waals surface area contributed by atoms with Crippen molar-refractivity contribution >= 4 is 32.6 Å². The van der Waals surface area contributed by atoms with Crippen molar-refractivity contribution in [1.29, 1.82) is 0 Å². The van der Waals surface area contributed by atoms with E-state index in [9.17, 15) is 0 Å². The third kappa shape index (κ3) is 3.96. The van der Waals surface area contributed by atoms with E-state index in [1.807, 2.05) is 0 Å². The average molecular weight is 489 g/mol. The molecule has 0 spiro atoms. The molecule has 1 heterocycles. The van der Waals surface area contributed by atoms with Gasteiger partial charge in [0.25, 0.3) is 0 Å². The Bertz CT molecular complexity index is 1860. The lowest BCUT2D eigenvalue weighted by molar-refractivity contribution is 0.693. The van der Waals surface area contributed by atoms with Crippen LogP contribution in [0.1, 0.15) is 11.1 Å². The number of rotatable bonds is 6. The smallest absolute Gasteiger partial charge is 0.0625 e. The van der Waals surface area contributed by atoms with Crippen molar-refractivity contribution in [3.63, 3.8) is 0 Å². The summed E-state index contributed by atoms with van der Waals surface area (Å²) in [5.41, 5.74) is 8.76. The fourth-order valence-electron chi connectivity index (χ4n) is 5.66. The van der Waals surface area contributed by atoms with Crippen LogP contribution in [0.15, 0.2) is 140 Å². The topological polar surface area (TPSA) is 17.0 Å². The van der Waals surface area contributed by atoms with Gasteiger partial charge in [-0.1, -0.05) is 115 Å². The van der Waals surface area contributed by atoms with Crippen molar-refractivity contribution < 1.29 is 0 Å². The second-order valence-corrected chi connectivity index (χ2v) is 9.84. The van der Waals surface area contributed by atoms with Gasteiger partial charge in [-0.25, -0.2) is 0 Å². The first kappa shape index (κ1) is 22.5. The lowest BCUT2D eigenvalue weighted by Crippen LogP contribution is -2.12. The first-order valence-electron chi connectivity index (χ1n) is 13.2. The second kappa shape index (κ2) is 9.66. The molecule has 1 aromatic heterocycles. The van der Waals surface area contributed by atoms with Crippen LogP contribution in [0.5, 0.6) is 0 Å². The van der Waals surface area contributed by atoms with Crippen LogP contribution in [0.25, 0.3) is 49.4 Å². The summed E-state index contributed by atoms with van der Waals surface area (Å²) < 4.78 is 2.45. The van der Waals surface area contributed by atoms with Gasteiger partial charge in [0.05, 0.1) is 11.0 Å². The number of benzene rings is 6. The SMILES string of the molecule is c1ccc(CNCc2ccc(-n3c4ccccc4c4c(-c5ccccc5)cc5ccccc5c43)cc2)cc1. The molecular weight excluding hydrogens is 460 g/mol. The summed E-state index contributed by atoms with van der Waals surface area (Å²) in [6.07, 6.45) is 0. The summed E-state index contributed by atoms with van der Waals surface area (Å²) in [6, 6.07) is 50.2. The molecule has 0 amide bonds. The van der Waals surface area contributed by atoms with E-state index in [1.165, 1.54) is 60.5 Å². The molecule has 38 heavy (non-hydrogen) atoms. The zero-order valence-corrected chi connectivity index (χ0v) is 21.1. The van der Waals surface area contributed by atoms with Gasteiger partial charge < -0.3 is 9.88 Å². The van der Waals surface area contributed by atoms with E-state index in [1.54, 1.807) is 0 Å². The molecule has 7 aromatic rings. The van der Waals surface area contributed by atoms with E-state index in [4.69, 9.17) is 0 Å². The molecule has 2 heteroatoms. The summed E-state index contributed by atoms with van der Waals surface area (Å²) in [6.45, 7) is 1.70. The van der Waals surface area contributed by atoms with E-state index in [0.29, 0.717) is 0 Å². The van der Waals surface area contributed by atoms with Gasteiger partial charge in [0.1, 0.15) is 0 Å². The number of para-hydroxylation sites is 1. The van der Waals surface area contributed by atoms with E-state index >= 15 is 0 Å². The maximum Gasteiger partial charge on any atom is 0.0625 e. The molecule has 0 bridgehead atoms. The number of hydrogen-bond donors (Lipinski definition) is 1. The molecule has 0 saturated carbocycles. The molecule has 0 radical (unpaired) electrons. The predicted molar refractivity (Wildman–Crippen MR) is 161 cm³/mol. The van der Waals surface area contributed by atoms with E-state index in [-0.39, 0.29) is 0 Å². The van der Waals surface area contributed by atoms with Gasteiger partial charge in [0, 0.05) is 34.9 Å². The van der Waals surface area contributed by atoms with Crippen LogP contribution in [0.2, 0.25) is 0 Å². The fraction of sp³-hybridized carbons (Fsp3) is 0.0556. The second-order valence-electron chi connectivity index (χ2n) is 9.84. The third-order valence-electron chi connectivity index (χ3n) is 7.44. The molecule has 2 nitrogen and oxygen atoms in total. The molecule has 0 atom stereocenters. The first-order valence-corrected chi connectivity index (χ1v) is 13.2. The number of hydrogen-bond acceptors (Lipinski definition) is 1. The zero-order valence-electron chi connectivity index (χ0n) is 21.1. The molecular formula is C36H28N2. The van der Waals surface area contributed by atoms with E-state index in [0.717, 1.165) is 13.1 Å². The Hall–Kier alpha value is -4.66. The largest absolute Gasteiger partial charge is 0.309 e. The molecule has 0 saturated heterocycles. The van der Waals surface area contributed by atoms with Gasteiger partial charge >= 0.3 is 0 Å². The summed E-state index contributed by atoms with van der Waals surface area (Å²) >= 11 is 0. The highest BCUT2D eigenvalue weighted by Gasteiger charge is 2.18. The molecule has 6 aromatic carbocycles. The van der Waals surface area contributed by atoms with Gasteiger partial charge in [-0.05, 0) is 51.9 Å². The molecule has 0 fully saturated rings. The Balaban J connectivity index is 1.38.